The molecule has 0 aromatic rings. The molecule has 14 heavy (non-hydrogen) atoms. The van der Waals surface area contributed by atoms with E-state index in [1.54, 1.807) is 0 Å². The highest BCUT2D eigenvalue weighted by Gasteiger charge is 2.35. The molecule has 0 amide bonds. The van der Waals surface area contributed by atoms with E-state index in [0.29, 0.717) is 5.04 Å². The van der Waals surface area contributed by atoms with E-state index in [4.69, 9.17) is 4.43 Å². The van der Waals surface area contributed by atoms with Crippen LogP contribution in [0.1, 0.15) is 59.8 Å². The van der Waals surface area contributed by atoms with Crippen molar-refractivity contribution in [1.29, 1.82) is 0 Å². The van der Waals surface area contributed by atoms with Crippen molar-refractivity contribution in [3.63, 3.8) is 0 Å². The lowest BCUT2D eigenvalue weighted by Gasteiger charge is -2.37. The number of hydrogen-bond donors (Lipinski definition) is 0. The standard InChI is InChI=1S/C12H26OSi/c1-5-13-14(12(2,3)4)11-9-7-6-8-10-11/h11,14H,5-10H2,1-4H3. The van der Waals surface area contributed by atoms with Gasteiger partial charge in [0.25, 0.3) is 0 Å². The van der Waals surface area contributed by atoms with Crippen molar-refractivity contribution in [2.75, 3.05) is 6.61 Å². The highest BCUT2D eigenvalue weighted by molar-refractivity contribution is 6.57. The second-order valence-electron chi connectivity index (χ2n) is 5.64. The van der Waals surface area contributed by atoms with Gasteiger partial charge in [-0.25, -0.2) is 0 Å². The Morgan fingerprint density at radius 1 is 1.14 bits per heavy atom. The summed E-state index contributed by atoms with van der Waals surface area (Å²) in [5.74, 6) is 0. The van der Waals surface area contributed by atoms with Gasteiger partial charge in [0.1, 0.15) is 0 Å². The Hall–Kier alpha value is 0.177. The van der Waals surface area contributed by atoms with Crippen LogP contribution >= 0.6 is 0 Å². The largest absolute Gasteiger partial charge is 0.420 e. The fraction of sp³-hybridized carbons (Fsp3) is 1.00. The summed E-state index contributed by atoms with van der Waals surface area (Å²) in [6.07, 6.45) is 7.21. The first-order valence-electron chi connectivity index (χ1n) is 6.17. The van der Waals surface area contributed by atoms with Gasteiger partial charge in [-0.05, 0) is 17.5 Å². The molecule has 1 fully saturated rings. The first-order chi connectivity index (χ1) is 6.55. The van der Waals surface area contributed by atoms with Crippen molar-refractivity contribution in [1.82, 2.24) is 0 Å². The molecule has 1 nitrogen and oxygen atoms in total. The first kappa shape index (κ1) is 12.2. The molecule has 0 heterocycles. The molecular formula is C12H26OSi. The average molecular weight is 214 g/mol. The maximum atomic E-state index is 6.08. The minimum Gasteiger partial charge on any atom is -0.420 e. The lowest BCUT2D eigenvalue weighted by atomic mass is 10.0. The molecule has 0 aromatic heterocycles. The number of rotatable bonds is 3. The van der Waals surface area contributed by atoms with Gasteiger partial charge in [-0.3, -0.25) is 0 Å². The molecule has 0 N–H and O–H groups in total. The first-order valence-corrected chi connectivity index (χ1v) is 7.89. The van der Waals surface area contributed by atoms with Crippen LogP contribution in [0.3, 0.4) is 0 Å². The van der Waals surface area contributed by atoms with Crippen LogP contribution in [0, 0.1) is 0 Å². The van der Waals surface area contributed by atoms with E-state index in [-0.39, 0.29) is 0 Å². The molecule has 0 radical (unpaired) electrons. The monoisotopic (exact) mass is 214 g/mol. The summed E-state index contributed by atoms with van der Waals surface area (Å²) >= 11 is 0. The van der Waals surface area contributed by atoms with E-state index < -0.39 is 9.04 Å². The third kappa shape index (κ3) is 3.39. The van der Waals surface area contributed by atoms with Crippen molar-refractivity contribution < 1.29 is 4.43 Å². The smallest absolute Gasteiger partial charge is 0.185 e. The fourth-order valence-corrected chi connectivity index (χ4v) is 6.33. The van der Waals surface area contributed by atoms with Crippen LogP contribution in [0.2, 0.25) is 10.6 Å². The van der Waals surface area contributed by atoms with Gasteiger partial charge in [-0.15, -0.1) is 0 Å². The van der Waals surface area contributed by atoms with Crippen molar-refractivity contribution in [2.24, 2.45) is 0 Å². The van der Waals surface area contributed by atoms with Gasteiger partial charge >= 0.3 is 0 Å². The van der Waals surface area contributed by atoms with E-state index in [1.165, 1.54) is 32.1 Å². The molecule has 0 saturated heterocycles. The molecular weight excluding hydrogens is 188 g/mol. The Morgan fingerprint density at radius 3 is 2.14 bits per heavy atom. The SMILES string of the molecule is CCO[SiH](C1CCCCC1)C(C)(C)C. The maximum absolute atomic E-state index is 6.08. The Labute approximate surface area is 91.0 Å². The Bertz CT molecular complexity index is 156. The summed E-state index contributed by atoms with van der Waals surface area (Å²) in [6, 6.07) is 0. The topological polar surface area (TPSA) is 9.23 Å². The van der Waals surface area contributed by atoms with Crippen molar-refractivity contribution >= 4 is 9.04 Å². The molecule has 84 valence electrons. The molecule has 1 aliphatic carbocycles. The summed E-state index contributed by atoms with van der Waals surface area (Å²) in [5, 5.41) is 0.442. The second-order valence-corrected chi connectivity index (χ2v) is 9.49. The molecule has 1 aliphatic rings. The zero-order chi connectivity index (χ0) is 10.6. The van der Waals surface area contributed by atoms with E-state index in [9.17, 15) is 0 Å². The zero-order valence-electron chi connectivity index (χ0n) is 10.3. The van der Waals surface area contributed by atoms with Crippen molar-refractivity contribution in [3.8, 4) is 0 Å². The van der Waals surface area contributed by atoms with Crippen LogP contribution < -0.4 is 0 Å². The van der Waals surface area contributed by atoms with E-state index in [1.807, 2.05) is 0 Å². The summed E-state index contributed by atoms with van der Waals surface area (Å²) in [6.45, 7) is 10.2. The van der Waals surface area contributed by atoms with Crippen molar-refractivity contribution in [3.05, 3.63) is 0 Å². The van der Waals surface area contributed by atoms with E-state index >= 15 is 0 Å². The third-order valence-corrected chi connectivity index (χ3v) is 7.20. The van der Waals surface area contributed by atoms with E-state index in [0.717, 1.165) is 12.1 Å². The Balaban J connectivity index is 2.56. The van der Waals surface area contributed by atoms with Gasteiger partial charge in [-0.2, -0.15) is 0 Å². The third-order valence-electron chi connectivity index (χ3n) is 3.28. The van der Waals surface area contributed by atoms with Crippen LogP contribution in [0.4, 0.5) is 0 Å². The predicted octanol–water partition coefficient (Wildman–Crippen LogP) is 3.88. The molecule has 0 aromatic carbocycles. The van der Waals surface area contributed by atoms with Crippen LogP contribution in [0.15, 0.2) is 0 Å². The maximum Gasteiger partial charge on any atom is 0.185 e. The Morgan fingerprint density at radius 2 is 1.71 bits per heavy atom. The van der Waals surface area contributed by atoms with Gasteiger partial charge in [0.05, 0.1) is 0 Å². The molecule has 1 unspecified atom stereocenters. The highest BCUT2D eigenvalue weighted by Crippen LogP contribution is 2.41. The van der Waals surface area contributed by atoms with Crippen LogP contribution in [0.5, 0.6) is 0 Å². The normalized spacial score (nSPS) is 22.3. The highest BCUT2D eigenvalue weighted by atomic mass is 28.3. The number of hydrogen-bond acceptors (Lipinski definition) is 1. The summed E-state index contributed by atoms with van der Waals surface area (Å²) in [4.78, 5) is 0. The van der Waals surface area contributed by atoms with Gasteiger partial charge in [-0.1, -0.05) is 52.9 Å². The zero-order valence-corrected chi connectivity index (χ0v) is 11.5. The molecule has 1 saturated carbocycles. The lowest BCUT2D eigenvalue weighted by molar-refractivity contribution is 0.299. The molecule has 0 bridgehead atoms. The molecule has 1 atom stereocenters. The Kier molecular flexibility index (Phi) is 4.65. The van der Waals surface area contributed by atoms with Crippen molar-refractivity contribution in [2.45, 2.75) is 70.4 Å². The summed E-state index contributed by atoms with van der Waals surface area (Å²) in [7, 11) is -1.00. The fourth-order valence-electron chi connectivity index (χ4n) is 2.71. The van der Waals surface area contributed by atoms with Gasteiger partial charge in [0.2, 0.25) is 0 Å². The lowest BCUT2D eigenvalue weighted by Crippen LogP contribution is -2.35. The molecule has 0 spiro atoms. The van der Waals surface area contributed by atoms with Gasteiger partial charge < -0.3 is 4.43 Å². The molecule has 1 rings (SSSR count). The molecule has 0 aliphatic heterocycles. The summed E-state index contributed by atoms with van der Waals surface area (Å²) < 4.78 is 6.08. The molecule has 2 heteroatoms. The minimum absolute atomic E-state index is 0.442. The van der Waals surface area contributed by atoms with E-state index in [2.05, 4.69) is 27.7 Å². The minimum atomic E-state index is -1.00. The van der Waals surface area contributed by atoms with Gasteiger partial charge in [0.15, 0.2) is 9.04 Å². The summed E-state index contributed by atoms with van der Waals surface area (Å²) in [5.41, 5.74) is 0.948. The van der Waals surface area contributed by atoms with Crippen LogP contribution in [-0.2, 0) is 4.43 Å². The van der Waals surface area contributed by atoms with Gasteiger partial charge in [0, 0.05) is 6.61 Å². The average Bonchev–Trinajstić information content (AvgIpc) is 2.14. The van der Waals surface area contributed by atoms with Crippen LogP contribution in [-0.4, -0.2) is 15.6 Å². The quantitative estimate of drug-likeness (QED) is 0.648. The predicted molar refractivity (Wildman–Crippen MR) is 65.3 cm³/mol. The van der Waals surface area contributed by atoms with Crippen LogP contribution in [0.25, 0.3) is 0 Å². The second kappa shape index (κ2) is 5.31.